The van der Waals surface area contributed by atoms with Crippen LogP contribution in [-0.4, -0.2) is 44.5 Å². The van der Waals surface area contributed by atoms with Gasteiger partial charge in [-0.1, -0.05) is 37.1 Å². The molecule has 0 spiro atoms. The molecule has 0 aliphatic carbocycles. The molecule has 1 aromatic carbocycles. The van der Waals surface area contributed by atoms with Crippen LogP contribution in [0.15, 0.2) is 24.3 Å². The van der Waals surface area contributed by atoms with Gasteiger partial charge in [0.05, 0.1) is 12.7 Å². The molecule has 0 radical (unpaired) electrons. The Bertz CT molecular complexity index is 573. The van der Waals surface area contributed by atoms with E-state index in [0.717, 1.165) is 18.4 Å². The molecular weight excluding hydrogens is 324 g/mol. The van der Waals surface area contributed by atoms with Crippen molar-refractivity contribution in [2.75, 3.05) is 25.9 Å². The van der Waals surface area contributed by atoms with Crippen molar-refractivity contribution < 1.29 is 13.2 Å². The van der Waals surface area contributed by atoms with Crippen LogP contribution in [0.2, 0.25) is 5.02 Å². The van der Waals surface area contributed by atoms with Crippen LogP contribution in [-0.2, 0) is 21.2 Å². The van der Waals surface area contributed by atoms with Gasteiger partial charge in [-0.3, -0.25) is 4.79 Å². The predicted octanol–water partition coefficient (Wildman–Crippen LogP) is 2.06. The second-order valence-corrected chi connectivity index (χ2v) is 7.59. The molecule has 1 rings (SSSR count). The molecule has 1 N–H and O–H groups in total. The van der Waals surface area contributed by atoms with Crippen LogP contribution in [0.4, 0.5) is 0 Å². The lowest BCUT2D eigenvalue weighted by atomic mass is 10.1. The van der Waals surface area contributed by atoms with Crippen molar-refractivity contribution in [2.24, 2.45) is 0 Å². The zero-order chi connectivity index (χ0) is 16.6. The quantitative estimate of drug-likeness (QED) is 0.744. The predicted molar refractivity (Wildman–Crippen MR) is 89.5 cm³/mol. The molecule has 0 atom stereocenters. The van der Waals surface area contributed by atoms with Crippen molar-refractivity contribution in [3.05, 3.63) is 34.9 Å². The molecule has 0 bridgehead atoms. The lowest BCUT2D eigenvalue weighted by molar-refractivity contribution is -0.120. The molecule has 0 aliphatic rings. The Morgan fingerprint density at radius 3 is 2.41 bits per heavy atom. The highest BCUT2D eigenvalue weighted by Crippen LogP contribution is 2.09. The first-order chi connectivity index (χ1) is 10.3. The van der Waals surface area contributed by atoms with Crippen LogP contribution in [0.25, 0.3) is 0 Å². The largest absolute Gasteiger partial charge is 0.354 e. The third-order valence-corrected chi connectivity index (χ3v) is 4.75. The Balaban J connectivity index is 2.40. The molecule has 0 aromatic heterocycles. The van der Waals surface area contributed by atoms with Crippen molar-refractivity contribution in [1.29, 1.82) is 0 Å². The number of hydrogen-bond acceptors (Lipinski definition) is 3. The Morgan fingerprint density at radius 2 is 1.86 bits per heavy atom. The van der Waals surface area contributed by atoms with Gasteiger partial charge in [0, 0.05) is 24.7 Å². The second kappa shape index (κ2) is 9.12. The fourth-order valence-electron chi connectivity index (χ4n) is 1.95. The lowest BCUT2D eigenvalue weighted by Gasteiger charge is -2.19. The number of hydrogen-bond donors (Lipinski definition) is 1. The van der Waals surface area contributed by atoms with E-state index in [9.17, 15) is 13.2 Å². The van der Waals surface area contributed by atoms with Crippen molar-refractivity contribution in [3.8, 4) is 0 Å². The fourth-order valence-corrected chi connectivity index (χ4v) is 2.96. The molecule has 0 aliphatic heterocycles. The zero-order valence-electron chi connectivity index (χ0n) is 13.0. The Kier molecular flexibility index (Phi) is 7.85. The van der Waals surface area contributed by atoms with Gasteiger partial charge in [-0.25, -0.2) is 12.7 Å². The third kappa shape index (κ3) is 7.24. The summed E-state index contributed by atoms with van der Waals surface area (Å²) in [6.45, 7) is 3.10. The summed E-state index contributed by atoms with van der Waals surface area (Å²) in [4.78, 5) is 11.8. The van der Waals surface area contributed by atoms with Crippen LogP contribution < -0.4 is 5.32 Å². The number of benzene rings is 1. The average molecular weight is 347 g/mol. The Hall–Kier alpha value is -1.11. The van der Waals surface area contributed by atoms with Gasteiger partial charge >= 0.3 is 0 Å². The van der Waals surface area contributed by atoms with E-state index < -0.39 is 10.0 Å². The first-order valence-corrected chi connectivity index (χ1v) is 9.52. The second-order valence-electron chi connectivity index (χ2n) is 5.17. The molecule has 1 aromatic rings. The normalized spacial score (nSPS) is 11.6. The van der Waals surface area contributed by atoms with E-state index >= 15 is 0 Å². The highest BCUT2D eigenvalue weighted by molar-refractivity contribution is 7.88. The zero-order valence-corrected chi connectivity index (χ0v) is 14.6. The minimum Gasteiger partial charge on any atom is -0.354 e. The van der Waals surface area contributed by atoms with Crippen LogP contribution in [0, 0.1) is 0 Å². The van der Waals surface area contributed by atoms with Crippen molar-refractivity contribution in [1.82, 2.24) is 9.62 Å². The number of nitrogens with one attached hydrogen (secondary N) is 1. The van der Waals surface area contributed by atoms with E-state index in [0.29, 0.717) is 24.7 Å². The summed E-state index contributed by atoms with van der Waals surface area (Å²) in [7, 11) is -3.23. The van der Waals surface area contributed by atoms with E-state index in [1.807, 2.05) is 6.92 Å². The lowest BCUT2D eigenvalue weighted by Crippen LogP contribution is -2.39. The van der Waals surface area contributed by atoms with Crippen molar-refractivity contribution in [2.45, 2.75) is 26.2 Å². The van der Waals surface area contributed by atoms with Gasteiger partial charge in [0.1, 0.15) is 0 Å². The molecule has 5 nitrogen and oxygen atoms in total. The maximum Gasteiger partial charge on any atom is 0.224 e. The summed E-state index contributed by atoms with van der Waals surface area (Å²) >= 11 is 5.79. The number of halogens is 1. The topological polar surface area (TPSA) is 66.5 Å². The van der Waals surface area contributed by atoms with Gasteiger partial charge in [0.15, 0.2) is 0 Å². The maximum absolute atomic E-state index is 11.8. The van der Waals surface area contributed by atoms with Gasteiger partial charge in [-0.05, 0) is 24.1 Å². The maximum atomic E-state index is 11.8. The van der Waals surface area contributed by atoms with Gasteiger partial charge in [-0.2, -0.15) is 0 Å². The van der Waals surface area contributed by atoms with Gasteiger partial charge < -0.3 is 5.32 Å². The van der Waals surface area contributed by atoms with Crippen molar-refractivity contribution >= 4 is 27.5 Å². The molecule has 0 saturated heterocycles. The molecule has 0 unspecified atom stereocenters. The molecule has 0 saturated carbocycles. The SMILES string of the molecule is CCCCN(CCNC(=O)Cc1ccc(Cl)cc1)S(C)(=O)=O. The van der Waals surface area contributed by atoms with E-state index in [4.69, 9.17) is 11.6 Å². The fraction of sp³-hybridized carbons (Fsp3) is 0.533. The number of rotatable bonds is 9. The summed E-state index contributed by atoms with van der Waals surface area (Å²) in [6.07, 6.45) is 3.18. The minimum atomic E-state index is -3.23. The summed E-state index contributed by atoms with van der Waals surface area (Å²) < 4.78 is 24.7. The van der Waals surface area contributed by atoms with Gasteiger partial charge in [0.2, 0.25) is 15.9 Å². The van der Waals surface area contributed by atoms with E-state index in [2.05, 4.69) is 5.32 Å². The number of nitrogens with zero attached hydrogens (tertiary/aromatic N) is 1. The highest BCUT2D eigenvalue weighted by Gasteiger charge is 2.15. The molecule has 0 fully saturated rings. The highest BCUT2D eigenvalue weighted by atomic mass is 35.5. The smallest absolute Gasteiger partial charge is 0.224 e. The van der Waals surface area contributed by atoms with E-state index in [1.54, 1.807) is 24.3 Å². The minimum absolute atomic E-state index is 0.133. The van der Waals surface area contributed by atoms with Crippen molar-refractivity contribution in [3.63, 3.8) is 0 Å². The molecule has 1 amide bonds. The van der Waals surface area contributed by atoms with Crippen LogP contribution in [0.1, 0.15) is 25.3 Å². The summed E-state index contributed by atoms with van der Waals surface area (Å²) in [5.41, 5.74) is 0.868. The monoisotopic (exact) mass is 346 g/mol. The van der Waals surface area contributed by atoms with Gasteiger partial charge in [-0.15, -0.1) is 0 Å². The Morgan fingerprint density at radius 1 is 1.23 bits per heavy atom. The van der Waals surface area contributed by atoms with E-state index in [1.165, 1.54) is 10.6 Å². The summed E-state index contributed by atoms with van der Waals surface area (Å²) in [6, 6.07) is 7.07. The first kappa shape index (κ1) is 18.9. The standard InChI is InChI=1S/C15H23ClN2O3S/c1-3-4-10-18(22(2,20)21)11-9-17-15(19)12-13-5-7-14(16)8-6-13/h5-8H,3-4,9-12H2,1-2H3,(H,17,19). The van der Waals surface area contributed by atoms with Crippen LogP contribution in [0.5, 0.6) is 0 Å². The van der Waals surface area contributed by atoms with Crippen LogP contribution >= 0.6 is 11.6 Å². The number of amides is 1. The third-order valence-electron chi connectivity index (χ3n) is 3.19. The van der Waals surface area contributed by atoms with E-state index in [-0.39, 0.29) is 12.3 Å². The summed E-state index contributed by atoms with van der Waals surface area (Å²) in [5.74, 6) is -0.133. The molecule has 7 heteroatoms. The number of carbonyl (C=O) groups is 1. The average Bonchev–Trinajstić information content (AvgIpc) is 2.43. The summed E-state index contributed by atoms with van der Waals surface area (Å²) in [5, 5.41) is 3.38. The number of carbonyl (C=O) groups excluding carboxylic acids is 1. The molecule has 0 heterocycles. The van der Waals surface area contributed by atoms with Gasteiger partial charge in [0.25, 0.3) is 0 Å². The first-order valence-electron chi connectivity index (χ1n) is 7.29. The Labute approximate surface area is 137 Å². The molecule has 124 valence electrons. The van der Waals surface area contributed by atoms with Crippen LogP contribution in [0.3, 0.4) is 0 Å². The number of unbranched alkanes of at least 4 members (excludes halogenated alkanes) is 1. The molecular formula is C15H23ClN2O3S. The molecule has 22 heavy (non-hydrogen) atoms. The number of sulfonamides is 1.